The van der Waals surface area contributed by atoms with Crippen LogP contribution in [0.4, 0.5) is 11.5 Å². The van der Waals surface area contributed by atoms with Gasteiger partial charge in [-0.05, 0) is 26.8 Å². The maximum Gasteiger partial charge on any atom is 0.372 e. The fraction of sp³-hybridized carbons (Fsp3) is 0.714. The van der Waals surface area contributed by atoms with Crippen LogP contribution in [0.1, 0.15) is 20.3 Å². The van der Waals surface area contributed by atoms with Gasteiger partial charge in [0, 0.05) is 19.6 Å². The molecule has 1 aromatic heterocycles. The number of anilines is 1. The third kappa shape index (κ3) is 5.29. The highest BCUT2D eigenvalue weighted by Crippen LogP contribution is 2.31. The lowest BCUT2D eigenvalue weighted by Gasteiger charge is -2.26. The Labute approximate surface area is 135 Å². The van der Waals surface area contributed by atoms with Crippen molar-refractivity contribution in [2.24, 2.45) is 0 Å². The molecule has 0 spiro atoms. The summed E-state index contributed by atoms with van der Waals surface area (Å²) in [6.07, 6.45) is 1.94. The zero-order valence-corrected chi connectivity index (χ0v) is 13.5. The monoisotopic (exact) mass is 325 g/mol. The molecule has 9 heteroatoms. The van der Waals surface area contributed by atoms with Gasteiger partial charge in [0.05, 0.1) is 24.2 Å². The maximum absolute atomic E-state index is 11.3. The van der Waals surface area contributed by atoms with Crippen LogP contribution in [-0.4, -0.2) is 65.3 Å². The number of hydrogen-bond acceptors (Lipinski definition) is 8. The van der Waals surface area contributed by atoms with Gasteiger partial charge in [0.15, 0.2) is 0 Å². The zero-order valence-electron chi connectivity index (χ0n) is 13.5. The number of nitrogens with zero attached hydrogens (tertiary/aromatic N) is 4. The molecule has 0 unspecified atom stereocenters. The summed E-state index contributed by atoms with van der Waals surface area (Å²) in [6.45, 7) is 8.49. The van der Waals surface area contributed by atoms with E-state index in [9.17, 15) is 10.1 Å². The third-order valence-corrected chi connectivity index (χ3v) is 3.37. The molecule has 1 fully saturated rings. The summed E-state index contributed by atoms with van der Waals surface area (Å²) in [5.74, 6) is 0.193. The molecule has 0 bridgehead atoms. The Morgan fingerprint density at radius 1 is 1.43 bits per heavy atom. The lowest BCUT2D eigenvalue weighted by molar-refractivity contribution is -0.385. The number of nitrogens with one attached hydrogen (secondary N) is 1. The van der Waals surface area contributed by atoms with Gasteiger partial charge < -0.3 is 14.8 Å². The number of ether oxygens (including phenoxy) is 2. The van der Waals surface area contributed by atoms with Crippen molar-refractivity contribution in [3.8, 4) is 5.88 Å². The van der Waals surface area contributed by atoms with Crippen molar-refractivity contribution in [1.29, 1.82) is 0 Å². The zero-order chi connectivity index (χ0) is 16.7. The first-order valence-corrected chi connectivity index (χ1v) is 7.78. The van der Waals surface area contributed by atoms with Gasteiger partial charge >= 0.3 is 5.69 Å². The summed E-state index contributed by atoms with van der Waals surface area (Å²) < 4.78 is 10.7. The molecule has 1 aliphatic heterocycles. The summed E-state index contributed by atoms with van der Waals surface area (Å²) in [5, 5.41) is 14.3. The van der Waals surface area contributed by atoms with E-state index in [1.165, 1.54) is 6.33 Å². The summed E-state index contributed by atoms with van der Waals surface area (Å²) in [7, 11) is 0. The molecule has 0 atom stereocenters. The minimum Gasteiger partial charge on any atom is -0.470 e. The summed E-state index contributed by atoms with van der Waals surface area (Å²) >= 11 is 0. The number of nitro groups is 1. The second-order valence-electron chi connectivity index (χ2n) is 5.53. The Morgan fingerprint density at radius 3 is 2.83 bits per heavy atom. The largest absolute Gasteiger partial charge is 0.470 e. The van der Waals surface area contributed by atoms with Crippen LogP contribution in [0.2, 0.25) is 0 Å². The van der Waals surface area contributed by atoms with Crippen molar-refractivity contribution >= 4 is 11.5 Å². The molecule has 0 amide bonds. The molecule has 0 aliphatic carbocycles. The average Bonchev–Trinajstić information content (AvgIpc) is 2.52. The topological polar surface area (TPSA) is 103 Å². The molecule has 0 aromatic carbocycles. The lowest BCUT2D eigenvalue weighted by atomic mass is 10.3. The van der Waals surface area contributed by atoms with Gasteiger partial charge in [-0.1, -0.05) is 0 Å². The molecule has 0 saturated carbocycles. The highest BCUT2D eigenvalue weighted by atomic mass is 16.6. The fourth-order valence-corrected chi connectivity index (χ4v) is 2.30. The normalized spacial score (nSPS) is 15.6. The second kappa shape index (κ2) is 8.59. The molecular weight excluding hydrogens is 302 g/mol. The van der Waals surface area contributed by atoms with Crippen molar-refractivity contribution in [3.05, 3.63) is 16.4 Å². The van der Waals surface area contributed by atoms with Crippen LogP contribution in [0.15, 0.2) is 6.33 Å². The number of hydrogen-bond donors (Lipinski definition) is 1. The minimum absolute atomic E-state index is 0.00400. The Bertz CT molecular complexity index is 520. The van der Waals surface area contributed by atoms with Crippen molar-refractivity contribution in [1.82, 2.24) is 14.9 Å². The first-order chi connectivity index (χ1) is 11.1. The predicted molar refractivity (Wildman–Crippen MR) is 84.8 cm³/mol. The van der Waals surface area contributed by atoms with Crippen LogP contribution < -0.4 is 10.1 Å². The highest BCUT2D eigenvalue weighted by molar-refractivity contribution is 5.61. The van der Waals surface area contributed by atoms with E-state index in [0.29, 0.717) is 6.54 Å². The van der Waals surface area contributed by atoms with E-state index in [4.69, 9.17) is 9.47 Å². The van der Waals surface area contributed by atoms with Crippen LogP contribution in [0.3, 0.4) is 0 Å². The summed E-state index contributed by atoms with van der Waals surface area (Å²) in [6, 6.07) is 0. The van der Waals surface area contributed by atoms with E-state index in [-0.39, 0.29) is 23.5 Å². The van der Waals surface area contributed by atoms with E-state index in [1.54, 1.807) is 13.8 Å². The highest BCUT2D eigenvalue weighted by Gasteiger charge is 2.25. The lowest BCUT2D eigenvalue weighted by Crippen LogP contribution is -2.37. The van der Waals surface area contributed by atoms with Crippen LogP contribution in [0, 0.1) is 10.1 Å². The van der Waals surface area contributed by atoms with Gasteiger partial charge in [-0.2, -0.15) is 4.98 Å². The van der Waals surface area contributed by atoms with E-state index in [0.717, 1.165) is 39.3 Å². The molecular formula is C14H23N5O4. The molecule has 1 N–H and O–H groups in total. The van der Waals surface area contributed by atoms with Crippen molar-refractivity contribution in [2.75, 3.05) is 44.7 Å². The van der Waals surface area contributed by atoms with E-state index in [2.05, 4.69) is 20.2 Å². The molecule has 1 aliphatic rings. The molecule has 1 aromatic rings. The molecule has 1 saturated heterocycles. The molecule has 9 nitrogen and oxygen atoms in total. The van der Waals surface area contributed by atoms with Crippen LogP contribution in [0.5, 0.6) is 5.88 Å². The molecule has 2 heterocycles. The van der Waals surface area contributed by atoms with Gasteiger partial charge in [0.2, 0.25) is 5.82 Å². The Morgan fingerprint density at radius 2 is 2.17 bits per heavy atom. The average molecular weight is 325 g/mol. The first kappa shape index (κ1) is 17.4. The van der Waals surface area contributed by atoms with Crippen LogP contribution >= 0.6 is 0 Å². The standard InChI is InChI=1S/C14H23N5O4/c1-11(2)23-14-12(19(20)21)13(16-10-17-14)15-4-3-5-18-6-8-22-9-7-18/h10-11H,3-9H2,1-2H3,(H,15,16,17). The van der Waals surface area contributed by atoms with Crippen LogP contribution in [-0.2, 0) is 4.74 Å². The fourth-order valence-electron chi connectivity index (χ4n) is 2.30. The first-order valence-electron chi connectivity index (χ1n) is 7.78. The van der Waals surface area contributed by atoms with Gasteiger partial charge in [0.25, 0.3) is 5.88 Å². The SMILES string of the molecule is CC(C)Oc1ncnc(NCCCN2CCOCC2)c1[N+](=O)[O-]. The van der Waals surface area contributed by atoms with Gasteiger partial charge in [-0.15, -0.1) is 0 Å². The summed E-state index contributed by atoms with van der Waals surface area (Å²) in [4.78, 5) is 20.9. The van der Waals surface area contributed by atoms with E-state index >= 15 is 0 Å². The predicted octanol–water partition coefficient (Wildman–Crippen LogP) is 1.31. The Balaban J connectivity index is 1.91. The van der Waals surface area contributed by atoms with Gasteiger partial charge in [0.1, 0.15) is 6.33 Å². The van der Waals surface area contributed by atoms with E-state index in [1.807, 2.05) is 0 Å². The molecule has 23 heavy (non-hydrogen) atoms. The summed E-state index contributed by atoms with van der Waals surface area (Å²) in [5.41, 5.74) is -0.215. The van der Waals surface area contributed by atoms with Crippen molar-refractivity contribution in [3.63, 3.8) is 0 Å². The number of morpholine rings is 1. The van der Waals surface area contributed by atoms with Gasteiger partial charge in [-0.25, -0.2) is 4.98 Å². The molecule has 2 rings (SSSR count). The maximum atomic E-state index is 11.3. The van der Waals surface area contributed by atoms with E-state index < -0.39 is 4.92 Å². The quantitative estimate of drug-likeness (QED) is 0.433. The number of rotatable bonds is 8. The second-order valence-corrected chi connectivity index (χ2v) is 5.53. The molecule has 0 radical (unpaired) electrons. The smallest absolute Gasteiger partial charge is 0.372 e. The van der Waals surface area contributed by atoms with Crippen LogP contribution in [0.25, 0.3) is 0 Å². The third-order valence-electron chi connectivity index (χ3n) is 3.37. The van der Waals surface area contributed by atoms with Gasteiger partial charge in [-0.3, -0.25) is 15.0 Å². The Hall–Kier alpha value is -2.00. The minimum atomic E-state index is -0.512. The molecule has 128 valence electrons. The van der Waals surface area contributed by atoms with Crippen molar-refractivity contribution < 1.29 is 14.4 Å². The number of aromatic nitrogens is 2. The van der Waals surface area contributed by atoms with Crippen molar-refractivity contribution in [2.45, 2.75) is 26.4 Å². The Kier molecular flexibility index (Phi) is 6.48.